The number of aliphatic hydroxyl groups is 1. The minimum atomic E-state index is -0.185. The van der Waals surface area contributed by atoms with Crippen LogP contribution < -0.4 is 9.47 Å². The van der Waals surface area contributed by atoms with Gasteiger partial charge in [0.1, 0.15) is 5.69 Å². The first-order chi connectivity index (χ1) is 11.7. The SMILES string of the molecule is COc1ccc(-c2noc(-c3cccc(Br)c3)c2CO)cc1OC. The third-order valence-electron chi connectivity index (χ3n) is 3.69. The number of halogens is 1. The molecule has 3 rings (SSSR count). The molecule has 0 atom stereocenters. The first-order valence-corrected chi connectivity index (χ1v) is 8.05. The predicted octanol–water partition coefficient (Wildman–Crippen LogP) is 4.28. The molecule has 0 aliphatic heterocycles. The van der Waals surface area contributed by atoms with Crippen LogP contribution in [-0.2, 0) is 6.61 Å². The number of aliphatic hydroxyl groups excluding tert-OH is 1. The van der Waals surface area contributed by atoms with Crippen molar-refractivity contribution >= 4 is 15.9 Å². The van der Waals surface area contributed by atoms with Crippen molar-refractivity contribution in [3.63, 3.8) is 0 Å². The average molecular weight is 390 g/mol. The van der Waals surface area contributed by atoms with E-state index < -0.39 is 0 Å². The van der Waals surface area contributed by atoms with Crippen molar-refractivity contribution in [3.8, 4) is 34.1 Å². The number of hydrogen-bond acceptors (Lipinski definition) is 5. The van der Waals surface area contributed by atoms with Crippen LogP contribution in [0, 0.1) is 0 Å². The molecule has 0 unspecified atom stereocenters. The molecule has 0 bridgehead atoms. The topological polar surface area (TPSA) is 64.7 Å². The Morgan fingerprint density at radius 2 is 1.83 bits per heavy atom. The van der Waals surface area contributed by atoms with Crippen molar-refractivity contribution < 1.29 is 19.1 Å². The van der Waals surface area contributed by atoms with Gasteiger partial charge in [-0.15, -0.1) is 0 Å². The number of ether oxygens (including phenoxy) is 2. The summed E-state index contributed by atoms with van der Waals surface area (Å²) in [6, 6.07) is 13.1. The quantitative estimate of drug-likeness (QED) is 0.705. The molecule has 0 saturated carbocycles. The summed E-state index contributed by atoms with van der Waals surface area (Å²) in [6.07, 6.45) is 0. The molecule has 0 aliphatic rings. The Morgan fingerprint density at radius 1 is 1.04 bits per heavy atom. The van der Waals surface area contributed by atoms with Crippen molar-refractivity contribution in [1.29, 1.82) is 0 Å². The lowest BCUT2D eigenvalue weighted by atomic mass is 10.0. The van der Waals surface area contributed by atoms with E-state index in [0.29, 0.717) is 28.5 Å². The fraction of sp³-hybridized carbons (Fsp3) is 0.167. The van der Waals surface area contributed by atoms with Gasteiger partial charge in [0, 0.05) is 15.6 Å². The molecule has 5 nitrogen and oxygen atoms in total. The summed E-state index contributed by atoms with van der Waals surface area (Å²) < 4.78 is 17.0. The second-order valence-electron chi connectivity index (χ2n) is 5.08. The summed E-state index contributed by atoms with van der Waals surface area (Å²) in [4.78, 5) is 0. The number of rotatable bonds is 5. The fourth-order valence-electron chi connectivity index (χ4n) is 2.52. The average Bonchev–Trinajstić information content (AvgIpc) is 3.05. The molecule has 0 aliphatic carbocycles. The molecular formula is C18H16BrNO4. The van der Waals surface area contributed by atoms with E-state index in [4.69, 9.17) is 14.0 Å². The largest absolute Gasteiger partial charge is 0.493 e. The van der Waals surface area contributed by atoms with Crippen molar-refractivity contribution in [3.05, 3.63) is 52.5 Å². The van der Waals surface area contributed by atoms with Crippen molar-refractivity contribution in [2.45, 2.75) is 6.61 Å². The number of methoxy groups -OCH3 is 2. The van der Waals surface area contributed by atoms with Crippen LogP contribution in [0.15, 0.2) is 51.5 Å². The van der Waals surface area contributed by atoms with E-state index in [1.165, 1.54) is 0 Å². The highest BCUT2D eigenvalue weighted by molar-refractivity contribution is 9.10. The molecule has 24 heavy (non-hydrogen) atoms. The van der Waals surface area contributed by atoms with Crippen molar-refractivity contribution in [1.82, 2.24) is 5.16 Å². The fourth-order valence-corrected chi connectivity index (χ4v) is 2.92. The van der Waals surface area contributed by atoms with E-state index in [1.807, 2.05) is 30.3 Å². The normalized spacial score (nSPS) is 10.7. The number of aromatic nitrogens is 1. The molecule has 3 aromatic rings. The van der Waals surface area contributed by atoms with Gasteiger partial charge < -0.3 is 19.1 Å². The first-order valence-electron chi connectivity index (χ1n) is 7.25. The third-order valence-corrected chi connectivity index (χ3v) is 4.18. The summed E-state index contributed by atoms with van der Waals surface area (Å²) in [5.74, 6) is 1.76. The summed E-state index contributed by atoms with van der Waals surface area (Å²) in [6.45, 7) is -0.185. The zero-order chi connectivity index (χ0) is 17.1. The highest BCUT2D eigenvalue weighted by atomic mass is 79.9. The summed E-state index contributed by atoms with van der Waals surface area (Å²) in [5, 5.41) is 14.0. The Labute approximate surface area is 147 Å². The lowest BCUT2D eigenvalue weighted by molar-refractivity contribution is 0.281. The van der Waals surface area contributed by atoms with Crippen LogP contribution in [0.2, 0.25) is 0 Å². The van der Waals surface area contributed by atoms with Gasteiger partial charge in [-0.2, -0.15) is 0 Å². The van der Waals surface area contributed by atoms with Crippen LogP contribution >= 0.6 is 15.9 Å². The molecule has 1 heterocycles. The second-order valence-corrected chi connectivity index (χ2v) is 5.99. The predicted molar refractivity (Wildman–Crippen MR) is 94.1 cm³/mol. The molecule has 1 aromatic heterocycles. The molecular weight excluding hydrogens is 374 g/mol. The van der Waals surface area contributed by atoms with Crippen LogP contribution in [0.25, 0.3) is 22.6 Å². The third kappa shape index (κ3) is 3.02. The van der Waals surface area contributed by atoms with Gasteiger partial charge in [0.05, 0.1) is 26.4 Å². The maximum atomic E-state index is 9.84. The maximum Gasteiger partial charge on any atom is 0.173 e. The molecule has 124 valence electrons. The van der Waals surface area contributed by atoms with E-state index in [9.17, 15) is 5.11 Å². The lowest BCUT2D eigenvalue weighted by Crippen LogP contribution is -1.93. The highest BCUT2D eigenvalue weighted by Gasteiger charge is 2.19. The molecule has 0 saturated heterocycles. The molecule has 2 aromatic carbocycles. The maximum absolute atomic E-state index is 9.84. The minimum absolute atomic E-state index is 0.185. The van der Waals surface area contributed by atoms with Gasteiger partial charge in [-0.05, 0) is 30.3 Å². The van der Waals surface area contributed by atoms with E-state index in [0.717, 1.165) is 15.6 Å². The number of benzene rings is 2. The molecule has 0 spiro atoms. The Morgan fingerprint density at radius 3 is 2.50 bits per heavy atom. The van der Waals surface area contributed by atoms with Gasteiger partial charge in [0.25, 0.3) is 0 Å². The summed E-state index contributed by atoms with van der Waals surface area (Å²) in [7, 11) is 3.16. The van der Waals surface area contributed by atoms with Gasteiger partial charge in [-0.1, -0.05) is 33.2 Å². The molecule has 0 radical (unpaired) electrons. The highest BCUT2D eigenvalue weighted by Crippen LogP contribution is 2.37. The molecule has 6 heteroatoms. The van der Waals surface area contributed by atoms with Crippen LogP contribution in [0.3, 0.4) is 0 Å². The Bertz CT molecular complexity index is 860. The van der Waals surface area contributed by atoms with Gasteiger partial charge in [0.15, 0.2) is 17.3 Å². The van der Waals surface area contributed by atoms with Gasteiger partial charge in [0.2, 0.25) is 0 Å². The van der Waals surface area contributed by atoms with Crippen LogP contribution in [0.1, 0.15) is 5.56 Å². The Hall–Kier alpha value is -2.31. The zero-order valence-corrected chi connectivity index (χ0v) is 14.8. The van der Waals surface area contributed by atoms with Crippen molar-refractivity contribution in [2.24, 2.45) is 0 Å². The zero-order valence-electron chi connectivity index (χ0n) is 13.2. The van der Waals surface area contributed by atoms with Crippen LogP contribution in [0.4, 0.5) is 0 Å². The molecule has 0 fully saturated rings. The first kappa shape index (κ1) is 16.5. The smallest absolute Gasteiger partial charge is 0.173 e. The van der Waals surface area contributed by atoms with Gasteiger partial charge in [-0.3, -0.25) is 0 Å². The summed E-state index contributed by atoms with van der Waals surface area (Å²) in [5.41, 5.74) is 2.82. The number of nitrogens with zero attached hydrogens (tertiary/aromatic N) is 1. The van der Waals surface area contributed by atoms with Crippen LogP contribution in [-0.4, -0.2) is 24.5 Å². The van der Waals surface area contributed by atoms with Gasteiger partial charge >= 0.3 is 0 Å². The number of hydrogen-bond donors (Lipinski definition) is 1. The monoisotopic (exact) mass is 389 g/mol. The van der Waals surface area contributed by atoms with E-state index >= 15 is 0 Å². The Kier molecular flexibility index (Phi) is 4.87. The lowest BCUT2D eigenvalue weighted by Gasteiger charge is -2.09. The minimum Gasteiger partial charge on any atom is -0.493 e. The standard InChI is InChI=1S/C18H16BrNO4/c1-22-15-7-6-11(9-16(15)23-2)17-14(10-21)18(24-20-17)12-4-3-5-13(19)8-12/h3-9,21H,10H2,1-2H3. The second kappa shape index (κ2) is 7.07. The van der Waals surface area contributed by atoms with E-state index in [2.05, 4.69) is 21.1 Å². The van der Waals surface area contributed by atoms with E-state index in [-0.39, 0.29) is 6.61 Å². The summed E-state index contributed by atoms with van der Waals surface area (Å²) >= 11 is 3.44. The van der Waals surface area contributed by atoms with E-state index in [1.54, 1.807) is 26.4 Å². The Balaban J connectivity index is 2.10. The van der Waals surface area contributed by atoms with Crippen molar-refractivity contribution in [2.75, 3.05) is 14.2 Å². The van der Waals surface area contributed by atoms with Gasteiger partial charge in [-0.25, -0.2) is 0 Å². The molecule has 0 amide bonds. The van der Waals surface area contributed by atoms with Crippen LogP contribution in [0.5, 0.6) is 11.5 Å². The molecule has 1 N–H and O–H groups in total.